The molecule has 20 heavy (non-hydrogen) atoms. The van der Waals surface area contributed by atoms with Gasteiger partial charge in [0, 0.05) is 6.04 Å². The largest absolute Gasteiger partial charge is 0.374 e. The molecule has 0 radical (unpaired) electrons. The van der Waals surface area contributed by atoms with E-state index < -0.39 is 17.8 Å². The Morgan fingerprint density at radius 2 is 1.90 bits per heavy atom. The quantitative estimate of drug-likeness (QED) is 0.789. The number of rotatable bonds is 4. The molecule has 3 N–H and O–H groups in total. The molecule has 108 valence electrons. The maximum Gasteiger partial charge on any atom is 0.321 e. The predicted octanol–water partition coefficient (Wildman–Crippen LogP) is 2.01. The zero-order valence-corrected chi connectivity index (χ0v) is 11.1. The molecule has 1 aromatic rings. The molecule has 0 spiro atoms. The van der Waals surface area contributed by atoms with Crippen molar-refractivity contribution in [2.75, 3.05) is 11.9 Å². The van der Waals surface area contributed by atoms with E-state index in [0.717, 1.165) is 25.7 Å². The van der Waals surface area contributed by atoms with E-state index in [1.165, 1.54) is 12.1 Å². The van der Waals surface area contributed by atoms with Crippen LogP contribution in [0.3, 0.4) is 0 Å². The number of imide groups is 1. The lowest BCUT2D eigenvalue weighted by atomic mass is 10.2. The summed E-state index contributed by atoms with van der Waals surface area (Å²) in [5.41, 5.74) is 0.235. The molecule has 2 rings (SSSR count). The third kappa shape index (κ3) is 4.22. The van der Waals surface area contributed by atoms with Gasteiger partial charge < -0.3 is 10.6 Å². The highest BCUT2D eigenvalue weighted by molar-refractivity contribution is 5.96. The number of anilines is 1. The van der Waals surface area contributed by atoms with E-state index in [9.17, 15) is 14.0 Å². The highest BCUT2D eigenvalue weighted by Gasteiger charge is 2.18. The van der Waals surface area contributed by atoms with Crippen LogP contribution in [-0.2, 0) is 4.79 Å². The Morgan fingerprint density at radius 3 is 2.60 bits per heavy atom. The molecule has 1 aliphatic carbocycles. The van der Waals surface area contributed by atoms with Gasteiger partial charge in [0.2, 0.25) is 5.91 Å². The fourth-order valence-electron chi connectivity index (χ4n) is 2.24. The van der Waals surface area contributed by atoms with E-state index in [0.29, 0.717) is 0 Å². The molecule has 0 aliphatic heterocycles. The number of halogens is 1. The Balaban J connectivity index is 1.72. The summed E-state index contributed by atoms with van der Waals surface area (Å²) < 4.78 is 13.3. The van der Waals surface area contributed by atoms with Gasteiger partial charge in [-0.1, -0.05) is 25.0 Å². The molecule has 0 bridgehead atoms. The highest BCUT2D eigenvalue weighted by atomic mass is 19.1. The number of urea groups is 1. The van der Waals surface area contributed by atoms with Gasteiger partial charge >= 0.3 is 6.03 Å². The third-order valence-corrected chi connectivity index (χ3v) is 3.26. The van der Waals surface area contributed by atoms with Crippen LogP contribution in [0.15, 0.2) is 24.3 Å². The minimum absolute atomic E-state index is 0.154. The predicted molar refractivity (Wildman–Crippen MR) is 73.8 cm³/mol. The number of hydrogen-bond acceptors (Lipinski definition) is 3. The van der Waals surface area contributed by atoms with Gasteiger partial charge in [-0.05, 0) is 25.0 Å². The van der Waals surface area contributed by atoms with Crippen molar-refractivity contribution >= 4 is 17.6 Å². The number of amides is 3. The van der Waals surface area contributed by atoms with E-state index in [1.54, 1.807) is 12.1 Å². The van der Waals surface area contributed by atoms with E-state index in [2.05, 4.69) is 16.0 Å². The zero-order valence-electron chi connectivity index (χ0n) is 11.1. The first kappa shape index (κ1) is 14.3. The molecule has 0 atom stereocenters. The van der Waals surface area contributed by atoms with E-state index >= 15 is 0 Å². The Morgan fingerprint density at radius 1 is 1.20 bits per heavy atom. The molecule has 0 unspecified atom stereocenters. The van der Waals surface area contributed by atoms with Crippen LogP contribution in [0.25, 0.3) is 0 Å². The summed E-state index contributed by atoms with van der Waals surface area (Å²) in [6.45, 7) is -0.154. The average Bonchev–Trinajstić information content (AvgIpc) is 2.90. The maximum atomic E-state index is 13.3. The van der Waals surface area contributed by atoms with Crippen molar-refractivity contribution < 1.29 is 14.0 Å². The van der Waals surface area contributed by atoms with Crippen molar-refractivity contribution in [1.29, 1.82) is 0 Å². The van der Waals surface area contributed by atoms with Gasteiger partial charge in [0.15, 0.2) is 0 Å². The van der Waals surface area contributed by atoms with Gasteiger partial charge in [0.25, 0.3) is 0 Å². The van der Waals surface area contributed by atoms with Crippen LogP contribution >= 0.6 is 0 Å². The first-order valence-corrected chi connectivity index (χ1v) is 6.74. The molecule has 0 heterocycles. The molecule has 0 aromatic heterocycles. The van der Waals surface area contributed by atoms with E-state index in [1.807, 2.05) is 0 Å². The molecule has 6 heteroatoms. The topological polar surface area (TPSA) is 70.2 Å². The summed E-state index contributed by atoms with van der Waals surface area (Å²) in [5, 5.41) is 7.61. The maximum absolute atomic E-state index is 13.3. The Bertz CT molecular complexity index is 487. The summed E-state index contributed by atoms with van der Waals surface area (Å²) >= 11 is 0. The van der Waals surface area contributed by atoms with Crippen LogP contribution in [-0.4, -0.2) is 24.5 Å². The van der Waals surface area contributed by atoms with Crippen molar-refractivity contribution in [1.82, 2.24) is 10.6 Å². The second kappa shape index (κ2) is 6.88. The highest BCUT2D eigenvalue weighted by Crippen LogP contribution is 2.17. The molecule has 1 aromatic carbocycles. The number of carbonyl (C=O) groups is 2. The Kier molecular flexibility index (Phi) is 4.92. The molecule has 1 saturated carbocycles. The van der Waals surface area contributed by atoms with Crippen molar-refractivity contribution in [2.24, 2.45) is 0 Å². The number of carbonyl (C=O) groups excluding carboxylic acids is 2. The lowest BCUT2D eigenvalue weighted by molar-refractivity contribution is -0.118. The minimum atomic E-state index is -0.497. The van der Waals surface area contributed by atoms with Crippen molar-refractivity contribution in [3.8, 4) is 0 Å². The van der Waals surface area contributed by atoms with Crippen LogP contribution in [0.4, 0.5) is 14.9 Å². The standard InChI is InChI=1S/C14H18FN3O2/c15-11-7-3-4-8-12(11)16-9-13(19)18-14(20)17-10-5-1-2-6-10/h3-4,7-8,10,16H,1-2,5-6,9H2,(H2,17,18,19,20). The van der Waals surface area contributed by atoms with Gasteiger partial charge in [0.1, 0.15) is 5.82 Å². The smallest absolute Gasteiger partial charge is 0.321 e. The SMILES string of the molecule is O=C(CNc1ccccc1F)NC(=O)NC1CCCC1. The fourth-order valence-corrected chi connectivity index (χ4v) is 2.24. The van der Waals surface area contributed by atoms with Gasteiger partial charge in [-0.25, -0.2) is 9.18 Å². The molecular weight excluding hydrogens is 261 g/mol. The second-order valence-corrected chi connectivity index (χ2v) is 4.84. The summed E-state index contributed by atoms with van der Waals surface area (Å²) in [5.74, 6) is -0.931. The summed E-state index contributed by atoms with van der Waals surface area (Å²) in [6.07, 6.45) is 4.12. The fraction of sp³-hybridized carbons (Fsp3) is 0.429. The summed E-state index contributed by atoms with van der Waals surface area (Å²) in [6, 6.07) is 5.72. The Labute approximate surface area is 116 Å². The minimum Gasteiger partial charge on any atom is -0.374 e. The van der Waals surface area contributed by atoms with Gasteiger partial charge in [-0.15, -0.1) is 0 Å². The number of hydrogen-bond donors (Lipinski definition) is 3. The number of nitrogens with one attached hydrogen (secondary N) is 3. The lowest BCUT2D eigenvalue weighted by Crippen LogP contribution is -2.45. The zero-order chi connectivity index (χ0) is 14.4. The van der Waals surface area contributed by atoms with Crippen molar-refractivity contribution in [3.05, 3.63) is 30.1 Å². The Hall–Kier alpha value is -2.11. The normalized spacial score (nSPS) is 14.8. The van der Waals surface area contributed by atoms with Crippen LogP contribution in [0.5, 0.6) is 0 Å². The van der Waals surface area contributed by atoms with Gasteiger partial charge in [-0.3, -0.25) is 10.1 Å². The molecule has 0 saturated heterocycles. The first-order chi connectivity index (χ1) is 9.65. The molecule has 1 aliphatic rings. The van der Waals surface area contributed by atoms with Crippen molar-refractivity contribution in [2.45, 2.75) is 31.7 Å². The number of para-hydroxylation sites is 1. The van der Waals surface area contributed by atoms with Gasteiger partial charge in [-0.2, -0.15) is 0 Å². The van der Waals surface area contributed by atoms with Gasteiger partial charge in [0.05, 0.1) is 12.2 Å². The van der Waals surface area contributed by atoms with Crippen LogP contribution in [0.2, 0.25) is 0 Å². The monoisotopic (exact) mass is 279 g/mol. The summed E-state index contributed by atoms with van der Waals surface area (Å²) in [4.78, 5) is 23.1. The first-order valence-electron chi connectivity index (χ1n) is 6.74. The second-order valence-electron chi connectivity index (χ2n) is 4.84. The van der Waals surface area contributed by atoms with Crippen molar-refractivity contribution in [3.63, 3.8) is 0 Å². The summed E-state index contributed by atoms with van der Waals surface area (Å²) in [7, 11) is 0. The van der Waals surface area contributed by atoms with Crippen LogP contribution < -0.4 is 16.0 Å². The van der Waals surface area contributed by atoms with Crippen LogP contribution in [0.1, 0.15) is 25.7 Å². The lowest BCUT2D eigenvalue weighted by Gasteiger charge is -2.12. The van der Waals surface area contributed by atoms with Crippen LogP contribution in [0, 0.1) is 5.82 Å². The molecular formula is C14H18FN3O2. The van der Waals surface area contributed by atoms with E-state index in [-0.39, 0.29) is 18.3 Å². The average molecular weight is 279 g/mol. The third-order valence-electron chi connectivity index (χ3n) is 3.26. The van der Waals surface area contributed by atoms with E-state index in [4.69, 9.17) is 0 Å². The number of benzene rings is 1. The molecule has 3 amide bonds. The molecule has 1 fully saturated rings. The molecule has 5 nitrogen and oxygen atoms in total.